The van der Waals surface area contributed by atoms with Crippen molar-refractivity contribution in [3.05, 3.63) is 30.1 Å². The van der Waals surface area contributed by atoms with Crippen molar-refractivity contribution in [3.63, 3.8) is 0 Å². The van der Waals surface area contributed by atoms with Gasteiger partial charge in [-0.2, -0.15) is 0 Å². The van der Waals surface area contributed by atoms with Crippen molar-refractivity contribution in [2.45, 2.75) is 32.6 Å². The minimum atomic E-state index is -0.344. The average Bonchev–Trinajstić information content (AvgIpc) is 3.26. The highest BCUT2D eigenvalue weighted by molar-refractivity contribution is 5.99. The van der Waals surface area contributed by atoms with Crippen LogP contribution in [0.2, 0.25) is 0 Å². The van der Waals surface area contributed by atoms with Crippen LogP contribution in [-0.2, 0) is 9.59 Å². The highest BCUT2D eigenvalue weighted by atomic mass is 19.1. The van der Waals surface area contributed by atoms with E-state index in [0.717, 1.165) is 19.3 Å². The molecule has 1 saturated carbocycles. The third-order valence-electron chi connectivity index (χ3n) is 3.66. The van der Waals surface area contributed by atoms with Crippen molar-refractivity contribution in [1.29, 1.82) is 0 Å². The Bertz CT molecular complexity index is 502. The molecule has 1 aliphatic carbocycles. The van der Waals surface area contributed by atoms with Crippen molar-refractivity contribution < 1.29 is 14.0 Å². The Hall–Kier alpha value is -1.91. The predicted molar refractivity (Wildman–Crippen MR) is 79.2 cm³/mol. The third kappa shape index (κ3) is 4.55. The van der Waals surface area contributed by atoms with Crippen LogP contribution in [0.1, 0.15) is 32.6 Å². The highest BCUT2D eigenvalue weighted by Crippen LogP contribution is 2.39. The van der Waals surface area contributed by atoms with E-state index >= 15 is 0 Å². The van der Waals surface area contributed by atoms with Crippen molar-refractivity contribution in [2.24, 2.45) is 11.8 Å². The maximum Gasteiger partial charge on any atom is 0.228 e. The van der Waals surface area contributed by atoms with Gasteiger partial charge in [-0.15, -0.1) is 0 Å². The van der Waals surface area contributed by atoms with Gasteiger partial charge >= 0.3 is 0 Å². The van der Waals surface area contributed by atoms with E-state index in [4.69, 9.17) is 0 Å². The standard InChI is InChI=1S/C16H21FN2O2/c1-2-3-4-9-18-15(20)13-10-14(13)16(21)19-12-7-5-11(17)6-8-12/h5-8,13-14H,2-4,9-10H2,1H3,(H,18,20)(H,19,21). The number of anilines is 1. The minimum absolute atomic E-state index is 0.0367. The molecule has 2 N–H and O–H groups in total. The SMILES string of the molecule is CCCCCNC(=O)C1CC1C(=O)Nc1ccc(F)cc1. The topological polar surface area (TPSA) is 58.2 Å². The maximum atomic E-state index is 12.8. The second-order valence-electron chi connectivity index (χ2n) is 5.44. The van der Waals surface area contributed by atoms with Gasteiger partial charge in [0.25, 0.3) is 0 Å². The summed E-state index contributed by atoms with van der Waals surface area (Å²) in [4.78, 5) is 23.8. The number of carbonyl (C=O) groups is 2. The molecule has 21 heavy (non-hydrogen) atoms. The molecule has 2 atom stereocenters. The van der Waals surface area contributed by atoms with Gasteiger partial charge < -0.3 is 10.6 Å². The first-order valence-electron chi connectivity index (χ1n) is 7.46. The lowest BCUT2D eigenvalue weighted by atomic mass is 10.2. The molecule has 114 valence electrons. The average molecular weight is 292 g/mol. The summed E-state index contributed by atoms with van der Waals surface area (Å²) in [5, 5.41) is 5.57. The molecule has 5 heteroatoms. The van der Waals surface area contributed by atoms with Gasteiger partial charge in [0.05, 0.1) is 11.8 Å². The van der Waals surface area contributed by atoms with Crippen LogP contribution in [0.3, 0.4) is 0 Å². The van der Waals surface area contributed by atoms with Crippen molar-refractivity contribution in [1.82, 2.24) is 5.32 Å². The van der Waals surface area contributed by atoms with Crippen LogP contribution in [0.5, 0.6) is 0 Å². The third-order valence-corrected chi connectivity index (χ3v) is 3.66. The van der Waals surface area contributed by atoms with Crippen LogP contribution in [0.15, 0.2) is 24.3 Å². The first-order valence-corrected chi connectivity index (χ1v) is 7.46. The first kappa shape index (κ1) is 15.5. The molecule has 2 unspecified atom stereocenters. The monoisotopic (exact) mass is 292 g/mol. The Morgan fingerprint density at radius 3 is 2.48 bits per heavy atom. The molecule has 0 radical (unpaired) electrons. The summed E-state index contributed by atoms with van der Waals surface area (Å²) in [5.74, 6) is -1.03. The molecule has 0 saturated heterocycles. The number of carbonyl (C=O) groups excluding carboxylic acids is 2. The predicted octanol–water partition coefficient (Wildman–Crippen LogP) is 2.71. The molecule has 2 amide bonds. The van der Waals surface area contributed by atoms with E-state index in [1.54, 1.807) is 0 Å². The largest absolute Gasteiger partial charge is 0.356 e. The van der Waals surface area contributed by atoms with Gasteiger partial charge in [0.15, 0.2) is 0 Å². The summed E-state index contributed by atoms with van der Waals surface area (Å²) in [7, 11) is 0. The van der Waals surface area contributed by atoms with Crippen LogP contribution in [0.25, 0.3) is 0 Å². The Kier molecular flexibility index (Phi) is 5.31. The van der Waals surface area contributed by atoms with Gasteiger partial charge in [-0.3, -0.25) is 9.59 Å². The number of rotatable bonds is 7. The number of amides is 2. The Morgan fingerprint density at radius 2 is 1.81 bits per heavy atom. The molecular weight excluding hydrogens is 271 g/mol. The summed E-state index contributed by atoms with van der Waals surface area (Å²) >= 11 is 0. The molecule has 1 aromatic rings. The van der Waals surface area contributed by atoms with Gasteiger partial charge in [-0.25, -0.2) is 4.39 Å². The number of hydrogen-bond donors (Lipinski definition) is 2. The van der Waals surface area contributed by atoms with Gasteiger partial charge in [0, 0.05) is 12.2 Å². The fraction of sp³-hybridized carbons (Fsp3) is 0.500. The van der Waals surface area contributed by atoms with Crippen LogP contribution >= 0.6 is 0 Å². The molecule has 2 rings (SSSR count). The van der Waals surface area contributed by atoms with Gasteiger partial charge in [0.1, 0.15) is 5.82 Å². The van der Waals surface area contributed by atoms with Gasteiger partial charge in [0.2, 0.25) is 11.8 Å². The summed E-state index contributed by atoms with van der Waals surface area (Å²) in [6.07, 6.45) is 3.77. The minimum Gasteiger partial charge on any atom is -0.356 e. The molecule has 0 aliphatic heterocycles. The lowest BCUT2D eigenvalue weighted by molar-refractivity contribution is -0.125. The Labute approximate surface area is 124 Å². The zero-order valence-corrected chi connectivity index (χ0v) is 12.2. The van der Waals surface area contributed by atoms with E-state index in [2.05, 4.69) is 17.6 Å². The molecule has 1 aromatic carbocycles. The van der Waals surface area contributed by atoms with Crippen LogP contribution in [-0.4, -0.2) is 18.4 Å². The van der Waals surface area contributed by atoms with Crippen molar-refractivity contribution in [3.8, 4) is 0 Å². The molecule has 1 aliphatic rings. The van der Waals surface area contributed by atoms with Crippen LogP contribution < -0.4 is 10.6 Å². The quantitative estimate of drug-likeness (QED) is 0.759. The van der Waals surface area contributed by atoms with Crippen LogP contribution in [0.4, 0.5) is 10.1 Å². The number of nitrogens with one attached hydrogen (secondary N) is 2. The van der Waals surface area contributed by atoms with E-state index < -0.39 is 0 Å². The maximum absolute atomic E-state index is 12.8. The second-order valence-corrected chi connectivity index (χ2v) is 5.44. The van der Waals surface area contributed by atoms with Gasteiger partial charge in [-0.05, 0) is 37.1 Å². The highest BCUT2D eigenvalue weighted by Gasteiger charge is 2.47. The van der Waals surface area contributed by atoms with Crippen molar-refractivity contribution in [2.75, 3.05) is 11.9 Å². The first-order chi connectivity index (χ1) is 10.1. The number of unbranched alkanes of at least 4 members (excludes halogenated alkanes) is 2. The normalized spacial score (nSPS) is 19.9. The van der Waals surface area contributed by atoms with E-state index in [-0.39, 0.29) is 29.5 Å². The van der Waals surface area contributed by atoms with E-state index in [1.807, 2.05) is 0 Å². The van der Waals surface area contributed by atoms with Crippen LogP contribution in [0, 0.1) is 17.7 Å². The smallest absolute Gasteiger partial charge is 0.228 e. The second kappa shape index (κ2) is 7.20. The molecule has 0 bridgehead atoms. The fourth-order valence-corrected chi connectivity index (χ4v) is 2.26. The Balaban J connectivity index is 1.73. The molecule has 0 spiro atoms. The van der Waals surface area contributed by atoms with Crippen molar-refractivity contribution >= 4 is 17.5 Å². The number of hydrogen-bond acceptors (Lipinski definition) is 2. The summed E-state index contributed by atoms with van der Waals surface area (Å²) in [5.41, 5.74) is 0.551. The van der Waals surface area contributed by atoms with E-state index in [1.165, 1.54) is 24.3 Å². The zero-order chi connectivity index (χ0) is 15.2. The fourth-order valence-electron chi connectivity index (χ4n) is 2.26. The molecule has 0 heterocycles. The molecule has 4 nitrogen and oxygen atoms in total. The summed E-state index contributed by atoms with van der Waals surface area (Å²) < 4.78 is 12.8. The zero-order valence-electron chi connectivity index (χ0n) is 12.2. The lowest BCUT2D eigenvalue weighted by Crippen LogP contribution is -2.28. The molecule has 1 fully saturated rings. The van der Waals surface area contributed by atoms with Gasteiger partial charge in [-0.1, -0.05) is 19.8 Å². The lowest BCUT2D eigenvalue weighted by Gasteiger charge is -2.06. The summed E-state index contributed by atoms with van der Waals surface area (Å²) in [6.45, 7) is 2.79. The Morgan fingerprint density at radius 1 is 1.14 bits per heavy atom. The van der Waals surface area contributed by atoms with E-state index in [9.17, 15) is 14.0 Å². The summed E-state index contributed by atoms with van der Waals surface area (Å²) in [6, 6.07) is 5.60. The molecular formula is C16H21FN2O2. The number of benzene rings is 1. The van der Waals surface area contributed by atoms with E-state index in [0.29, 0.717) is 18.7 Å². The number of halogens is 1. The molecule has 0 aromatic heterocycles.